The highest BCUT2D eigenvalue weighted by Crippen LogP contribution is 2.15. The molecule has 0 amide bonds. The molecule has 1 fully saturated rings. The highest BCUT2D eigenvalue weighted by Gasteiger charge is 2.27. The van der Waals surface area contributed by atoms with Crippen LogP contribution in [0.5, 0.6) is 0 Å². The van der Waals surface area contributed by atoms with E-state index in [4.69, 9.17) is 0 Å². The molecule has 0 saturated carbocycles. The third-order valence-electron chi connectivity index (χ3n) is 2.30. The van der Waals surface area contributed by atoms with Gasteiger partial charge in [-0.2, -0.15) is 5.10 Å². The zero-order valence-electron chi connectivity index (χ0n) is 7.97. The normalized spacial score (nSPS) is 25.1. The Bertz CT molecular complexity index is 424. The minimum absolute atomic E-state index is 0.0231. The fourth-order valence-electron chi connectivity index (χ4n) is 1.61. The maximum absolute atomic E-state index is 11.2. The number of nitrogens with one attached hydrogen (secondary N) is 1. The first-order valence-corrected chi connectivity index (χ1v) is 6.34. The van der Waals surface area contributed by atoms with Gasteiger partial charge in [-0.3, -0.25) is 4.68 Å². The molecule has 1 aromatic rings. The molecule has 0 spiro atoms. The van der Waals surface area contributed by atoms with E-state index in [1.165, 1.54) is 0 Å². The molecular weight excluding hydrogens is 202 g/mol. The predicted octanol–water partition coefficient (Wildman–Crippen LogP) is 0.0191. The summed E-state index contributed by atoms with van der Waals surface area (Å²) >= 11 is 0. The van der Waals surface area contributed by atoms with Crippen molar-refractivity contribution in [3.63, 3.8) is 0 Å². The molecule has 1 unspecified atom stereocenters. The van der Waals surface area contributed by atoms with E-state index in [0.717, 1.165) is 5.82 Å². The summed E-state index contributed by atoms with van der Waals surface area (Å²) in [5.41, 5.74) is 0. The second-order valence-electron chi connectivity index (χ2n) is 3.62. The van der Waals surface area contributed by atoms with E-state index in [1.807, 2.05) is 19.3 Å². The molecule has 1 aliphatic heterocycles. The average molecular weight is 215 g/mol. The minimum Gasteiger partial charge on any atom is -0.365 e. The highest BCUT2D eigenvalue weighted by atomic mass is 32.2. The number of aromatic nitrogens is 2. The van der Waals surface area contributed by atoms with Crippen LogP contribution in [-0.4, -0.2) is 35.7 Å². The fourth-order valence-corrected chi connectivity index (χ4v) is 3.28. The summed E-state index contributed by atoms with van der Waals surface area (Å²) in [4.78, 5) is 0. The van der Waals surface area contributed by atoms with Crippen LogP contribution in [-0.2, 0) is 16.9 Å². The van der Waals surface area contributed by atoms with Gasteiger partial charge in [0.2, 0.25) is 0 Å². The third kappa shape index (κ3) is 2.06. The highest BCUT2D eigenvalue weighted by molar-refractivity contribution is 7.91. The summed E-state index contributed by atoms with van der Waals surface area (Å²) in [7, 11) is -0.976. The molecule has 1 saturated heterocycles. The molecule has 1 N–H and O–H groups in total. The zero-order valence-corrected chi connectivity index (χ0v) is 8.79. The molecule has 0 aromatic carbocycles. The van der Waals surface area contributed by atoms with E-state index in [9.17, 15) is 8.42 Å². The maximum Gasteiger partial charge on any atom is 0.152 e. The Kier molecular flexibility index (Phi) is 2.22. The van der Waals surface area contributed by atoms with Gasteiger partial charge >= 0.3 is 0 Å². The van der Waals surface area contributed by atoms with Crippen LogP contribution in [0, 0.1) is 0 Å². The van der Waals surface area contributed by atoms with Crippen LogP contribution < -0.4 is 5.32 Å². The lowest BCUT2D eigenvalue weighted by molar-refractivity contribution is 0.602. The Morgan fingerprint density at radius 3 is 2.93 bits per heavy atom. The molecule has 78 valence electrons. The van der Waals surface area contributed by atoms with Crippen LogP contribution in [0.2, 0.25) is 0 Å². The predicted molar refractivity (Wildman–Crippen MR) is 53.9 cm³/mol. The van der Waals surface area contributed by atoms with Crippen molar-refractivity contribution in [2.24, 2.45) is 7.05 Å². The Morgan fingerprint density at radius 1 is 1.64 bits per heavy atom. The largest absolute Gasteiger partial charge is 0.365 e. The molecular formula is C8H13N3O2S. The maximum atomic E-state index is 11.2. The van der Waals surface area contributed by atoms with Gasteiger partial charge in [0.1, 0.15) is 5.82 Å². The van der Waals surface area contributed by atoms with Gasteiger partial charge in [0.25, 0.3) is 0 Å². The second kappa shape index (κ2) is 3.27. The van der Waals surface area contributed by atoms with Gasteiger partial charge in [-0.05, 0) is 6.42 Å². The van der Waals surface area contributed by atoms with Crippen LogP contribution in [0.3, 0.4) is 0 Å². The summed E-state index contributed by atoms with van der Waals surface area (Å²) < 4.78 is 24.0. The summed E-state index contributed by atoms with van der Waals surface area (Å²) in [5, 5.41) is 7.24. The first-order valence-electron chi connectivity index (χ1n) is 4.52. The van der Waals surface area contributed by atoms with Crippen molar-refractivity contribution in [2.45, 2.75) is 12.5 Å². The number of hydrogen-bond acceptors (Lipinski definition) is 4. The molecule has 1 aliphatic rings. The minimum atomic E-state index is -2.81. The lowest BCUT2D eigenvalue weighted by Crippen LogP contribution is -2.20. The number of aryl methyl sites for hydroxylation is 1. The molecule has 2 rings (SSSR count). The summed E-state index contributed by atoms with van der Waals surface area (Å²) in [6.45, 7) is 0. The number of hydrogen-bond donors (Lipinski definition) is 1. The summed E-state index contributed by atoms with van der Waals surface area (Å²) in [5.74, 6) is 1.26. The van der Waals surface area contributed by atoms with Crippen molar-refractivity contribution in [1.29, 1.82) is 0 Å². The van der Waals surface area contributed by atoms with Gasteiger partial charge in [0, 0.05) is 25.4 Å². The Hall–Kier alpha value is -1.04. The van der Waals surface area contributed by atoms with E-state index in [0.29, 0.717) is 6.42 Å². The lowest BCUT2D eigenvalue weighted by atomic mass is 10.3. The number of rotatable bonds is 2. The van der Waals surface area contributed by atoms with Crippen molar-refractivity contribution in [2.75, 3.05) is 16.8 Å². The van der Waals surface area contributed by atoms with Gasteiger partial charge in [0.05, 0.1) is 11.5 Å². The smallest absolute Gasteiger partial charge is 0.152 e. The van der Waals surface area contributed by atoms with E-state index >= 15 is 0 Å². The van der Waals surface area contributed by atoms with E-state index in [1.54, 1.807) is 4.68 Å². The quantitative estimate of drug-likeness (QED) is 0.755. The Morgan fingerprint density at radius 2 is 2.43 bits per heavy atom. The van der Waals surface area contributed by atoms with Gasteiger partial charge < -0.3 is 5.32 Å². The molecule has 0 radical (unpaired) electrons. The van der Waals surface area contributed by atoms with Gasteiger partial charge in [-0.1, -0.05) is 0 Å². The number of anilines is 1. The van der Waals surface area contributed by atoms with E-state index in [2.05, 4.69) is 10.4 Å². The molecule has 5 nitrogen and oxygen atoms in total. The van der Waals surface area contributed by atoms with Crippen molar-refractivity contribution < 1.29 is 8.42 Å². The molecule has 0 aliphatic carbocycles. The summed E-state index contributed by atoms with van der Waals surface area (Å²) in [6, 6.07) is 1.86. The van der Waals surface area contributed by atoms with Crippen LogP contribution in [0.1, 0.15) is 6.42 Å². The standard InChI is InChI=1S/C8H13N3O2S/c1-11-4-2-8(10-11)9-7-3-5-14(12,13)6-7/h2,4,7H,3,5-6H2,1H3,(H,9,10). The SMILES string of the molecule is Cn1ccc(NC2CCS(=O)(=O)C2)n1. The van der Waals surface area contributed by atoms with Crippen molar-refractivity contribution in [3.05, 3.63) is 12.3 Å². The van der Waals surface area contributed by atoms with Crippen LogP contribution in [0.15, 0.2) is 12.3 Å². The van der Waals surface area contributed by atoms with Crippen LogP contribution in [0.4, 0.5) is 5.82 Å². The average Bonchev–Trinajstić information content (AvgIpc) is 2.59. The van der Waals surface area contributed by atoms with E-state index < -0.39 is 9.84 Å². The number of sulfone groups is 1. The summed E-state index contributed by atoms with van der Waals surface area (Å²) in [6.07, 6.45) is 2.50. The first kappa shape index (κ1) is 9.51. The molecule has 6 heteroatoms. The van der Waals surface area contributed by atoms with Crippen molar-refractivity contribution >= 4 is 15.7 Å². The Balaban J connectivity index is 2.00. The van der Waals surface area contributed by atoms with Gasteiger partial charge in [-0.25, -0.2) is 8.42 Å². The Labute approximate surface area is 83.0 Å². The third-order valence-corrected chi connectivity index (χ3v) is 4.07. The topological polar surface area (TPSA) is 64.0 Å². The van der Waals surface area contributed by atoms with Crippen LogP contribution in [0.25, 0.3) is 0 Å². The monoisotopic (exact) mass is 215 g/mol. The van der Waals surface area contributed by atoms with Crippen molar-refractivity contribution in [3.8, 4) is 0 Å². The fraction of sp³-hybridized carbons (Fsp3) is 0.625. The molecule has 14 heavy (non-hydrogen) atoms. The molecule has 0 bridgehead atoms. The lowest BCUT2D eigenvalue weighted by Gasteiger charge is -2.08. The first-order chi connectivity index (χ1) is 6.55. The van der Waals surface area contributed by atoms with Crippen LogP contribution >= 0.6 is 0 Å². The van der Waals surface area contributed by atoms with E-state index in [-0.39, 0.29) is 17.5 Å². The number of nitrogens with zero attached hydrogens (tertiary/aromatic N) is 2. The van der Waals surface area contributed by atoms with Gasteiger partial charge in [-0.15, -0.1) is 0 Å². The zero-order chi connectivity index (χ0) is 10.2. The molecule has 2 heterocycles. The van der Waals surface area contributed by atoms with Crippen molar-refractivity contribution in [1.82, 2.24) is 9.78 Å². The molecule has 1 atom stereocenters. The van der Waals surface area contributed by atoms with Gasteiger partial charge in [0.15, 0.2) is 9.84 Å². The molecule has 1 aromatic heterocycles. The second-order valence-corrected chi connectivity index (χ2v) is 5.85.